The van der Waals surface area contributed by atoms with Crippen molar-refractivity contribution in [3.63, 3.8) is 0 Å². The molecule has 1 heterocycles. The first-order valence-corrected chi connectivity index (χ1v) is 5.48. The summed E-state index contributed by atoms with van der Waals surface area (Å²) in [7, 11) is 0. The second-order valence-electron chi connectivity index (χ2n) is 3.97. The summed E-state index contributed by atoms with van der Waals surface area (Å²) in [4.78, 5) is 0. The summed E-state index contributed by atoms with van der Waals surface area (Å²) in [5.41, 5.74) is 0. The third-order valence-electron chi connectivity index (χ3n) is 2.80. The first-order valence-electron chi connectivity index (χ1n) is 5.48. The van der Waals surface area contributed by atoms with Gasteiger partial charge in [-0.25, -0.2) is 0 Å². The Morgan fingerprint density at radius 2 is 1.94 bits per heavy atom. The van der Waals surface area contributed by atoms with Gasteiger partial charge in [0.25, 0.3) is 0 Å². The van der Waals surface area contributed by atoms with Gasteiger partial charge in [0.15, 0.2) is 11.5 Å². The van der Waals surface area contributed by atoms with Crippen LogP contribution in [0.4, 0.5) is 0 Å². The van der Waals surface area contributed by atoms with Crippen LogP contribution < -0.4 is 10.1 Å². The number of hydrogen-bond acceptors (Lipinski definition) is 3. The van der Waals surface area contributed by atoms with Gasteiger partial charge in [-0.3, -0.25) is 0 Å². The lowest BCUT2D eigenvalue weighted by Gasteiger charge is -2.22. The lowest BCUT2D eigenvalue weighted by molar-refractivity contribution is 0.209. The topological polar surface area (TPSA) is 41.5 Å². The van der Waals surface area contributed by atoms with E-state index >= 15 is 0 Å². The standard InChI is InChI=1S/C12H17NO2.ClH/c14-11-3-1-2-4-12(11)15-9-10-5-7-13-8-6-10;/h1-4,10,13-14H,5-9H2;1H. The maximum Gasteiger partial charge on any atom is 0.160 e. The number of aromatic hydroxyl groups is 1. The van der Waals surface area contributed by atoms with Crippen LogP contribution in [0.15, 0.2) is 24.3 Å². The molecule has 0 aromatic heterocycles. The highest BCUT2D eigenvalue weighted by molar-refractivity contribution is 5.85. The predicted molar refractivity (Wildman–Crippen MR) is 66.4 cm³/mol. The average molecular weight is 244 g/mol. The highest BCUT2D eigenvalue weighted by Gasteiger charge is 2.14. The van der Waals surface area contributed by atoms with E-state index in [0.717, 1.165) is 25.9 Å². The molecule has 0 atom stereocenters. The third-order valence-corrected chi connectivity index (χ3v) is 2.80. The number of hydrogen-bond donors (Lipinski definition) is 2. The molecule has 4 heteroatoms. The summed E-state index contributed by atoms with van der Waals surface area (Å²) in [6.45, 7) is 2.86. The zero-order valence-electron chi connectivity index (χ0n) is 9.19. The maximum absolute atomic E-state index is 9.50. The van der Waals surface area contributed by atoms with Gasteiger partial charge in [-0.05, 0) is 44.0 Å². The van der Waals surface area contributed by atoms with E-state index in [-0.39, 0.29) is 18.2 Å². The zero-order valence-corrected chi connectivity index (χ0v) is 10.0. The molecule has 1 aromatic carbocycles. The molecule has 0 unspecified atom stereocenters. The van der Waals surface area contributed by atoms with Gasteiger partial charge < -0.3 is 15.2 Å². The second-order valence-corrected chi connectivity index (χ2v) is 3.97. The van der Waals surface area contributed by atoms with Crippen molar-refractivity contribution in [2.45, 2.75) is 12.8 Å². The van der Waals surface area contributed by atoms with Crippen molar-refractivity contribution in [2.24, 2.45) is 5.92 Å². The van der Waals surface area contributed by atoms with Gasteiger partial charge in [0.1, 0.15) is 0 Å². The molecule has 0 amide bonds. The molecule has 1 aromatic rings. The Bertz CT molecular complexity index is 314. The van der Waals surface area contributed by atoms with Crippen LogP contribution in [0.1, 0.15) is 12.8 Å². The average Bonchev–Trinajstić information content (AvgIpc) is 2.29. The Morgan fingerprint density at radius 3 is 2.62 bits per heavy atom. The maximum atomic E-state index is 9.50. The van der Waals surface area contributed by atoms with Crippen LogP contribution in [0.3, 0.4) is 0 Å². The van der Waals surface area contributed by atoms with E-state index in [1.165, 1.54) is 0 Å². The Morgan fingerprint density at radius 1 is 1.25 bits per heavy atom. The molecular weight excluding hydrogens is 226 g/mol. The molecule has 1 saturated heterocycles. The molecule has 0 radical (unpaired) electrons. The Kier molecular flexibility index (Phi) is 5.43. The lowest BCUT2D eigenvalue weighted by Crippen LogP contribution is -2.30. The van der Waals surface area contributed by atoms with Crippen molar-refractivity contribution in [3.05, 3.63) is 24.3 Å². The first-order chi connectivity index (χ1) is 7.36. The fourth-order valence-corrected chi connectivity index (χ4v) is 1.84. The van der Waals surface area contributed by atoms with Crippen LogP contribution in [0, 0.1) is 5.92 Å². The van der Waals surface area contributed by atoms with Crippen LogP contribution >= 0.6 is 12.4 Å². The molecule has 2 N–H and O–H groups in total. The molecule has 90 valence electrons. The van der Waals surface area contributed by atoms with Crippen LogP contribution in [0.2, 0.25) is 0 Å². The van der Waals surface area contributed by atoms with Gasteiger partial charge >= 0.3 is 0 Å². The van der Waals surface area contributed by atoms with Crippen LogP contribution in [-0.4, -0.2) is 24.8 Å². The van der Waals surface area contributed by atoms with Gasteiger partial charge in [0, 0.05) is 0 Å². The summed E-state index contributed by atoms with van der Waals surface area (Å²) >= 11 is 0. The van der Waals surface area contributed by atoms with Crippen molar-refractivity contribution in [3.8, 4) is 11.5 Å². The molecule has 1 aliphatic heterocycles. The Hall–Kier alpha value is -0.930. The van der Waals surface area contributed by atoms with Gasteiger partial charge in [0.2, 0.25) is 0 Å². The first kappa shape index (κ1) is 13.1. The molecule has 0 saturated carbocycles. The third kappa shape index (κ3) is 3.58. The number of ether oxygens (including phenoxy) is 1. The highest BCUT2D eigenvalue weighted by atomic mass is 35.5. The van der Waals surface area contributed by atoms with E-state index in [2.05, 4.69) is 5.32 Å². The molecule has 0 aliphatic carbocycles. The SMILES string of the molecule is Cl.Oc1ccccc1OCC1CCNCC1. The van der Waals surface area contributed by atoms with Crippen LogP contribution in [-0.2, 0) is 0 Å². The quantitative estimate of drug-likeness (QED) is 0.855. The minimum Gasteiger partial charge on any atom is -0.504 e. The summed E-state index contributed by atoms with van der Waals surface area (Å²) < 4.78 is 5.60. The van der Waals surface area contributed by atoms with Gasteiger partial charge in [-0.2, -0.15) is 0 Å². The summed E-state index contributed by atoms with van der Waals surface area (Å²) in [6.07, 6.45) is 2.32. The van der Waals surface area contributed by atoms with Gasteiger partial charge in [-0.1, -0.05) is 12.1 Å². The zero-order chi connectivity index (χ0) is 10.5. The number of halogens is 1. The predicted octanol–water partition coefficient (Wildman–Crippen LogP) is 2.19. The van der Waals surface area contributed by atoms with Crippen LogP contribution in [0.5, 0.6) is 11.5 Å². The normalized spacial score (nSPS) is 16.5. The van der Waals surface area contributed by atoms with E-state index < -0.39 is 0 Å². The second kappa shape index (κ2) is 6.61. The molecule has 1 fully saturated rings. The number of phenols is 1. The Balaban J connectivity index is 0.00000128. The lowest BCUT2D eigenvalue weighted by atomic mass is 9.99. The largest absolute Gasteiger partial charge is 0.504 e. The summed E-state index contributed by atoms with van der Waals surface area (Å²) in [6, 6.07) is 7.12. The molecular formula is C12H18ClNO2. The fourth-order valence-electron chi connectivity index (χ4n) is 1.84. The minimum absolute atomic E-state index is 0. The molecule has 1 aliphatic rings. The number of para-hydroxylation sites is 2. The van der Waals surface area contributed by atoms with Gasteiger partial charge in [-0.15, -0.1) is 12.4 Å². The molecule has 2 rings (SSSR count). The van der Waals surface area contributed by atoms with E-state index in [1.54, 1.807) is 18.2 Å². The van der Waals surface area contributed by atoms with E-state index in [4.69, 9.17) is 4.74 Å². The number of piperidine rings is 1. The molecule has 0 spiro atoms. The van der Waals surface area contributed by atoms with Crippen molar-refractivity contribution in [1.29, 1.82) is 0 Å². The number of benzene rings is 1. The minimum atomic E-state index is 0. The number of nitrogens with one attached hydrogen (secondary N) is 1. The monoisotopic (exact) mass is 243 g/mol. The van der Waals surface area contributed by atoms with Crippen molar-refractivity contribution in [2.75, 3.05) is 19.7 Å². The van der Waals surface area contributed by atoms with E-state index in [9.17, 15) is 5.11 Å². The van der Waals surface area contributed by atoms with E-state index in [1.807, 2.05) is 6.07 Å². The molecule has 0 bridgehead atoms. The number of rotatable bonds is 3. The molecule has 3 nitrogen and oxygen atoms in total. The molecule has 16 heavy (non-hydrogen) atoms. The number of phenolic OH excluding ortho intramolecular Hbond substituents is 1. The summed E-state index contributed by atoms with van der Waals surface area (Å²) in [5.74, 6) is 1.44. The van der Waals surface area contributed by atoms with Crippen molar-refractivity contribution < 1.29 is 9.84 Å². The van der Waals surface area contributed by atoms with E-state index in [0.29, 0.717) is 18.3 Å². The summed E-state index contributed by atoms with van der Waals surface area (Å²) in [5, 5.41) is 12.8. The van der Waals surface area contributed by atoms with Crippen LogP contribution in [0.25, 0.3) is 0 Å². The fraction of sp³-hybridized carbons (Fsp3) is 0.500. The van der Waals surface area contributed by atoms with Crippen molar-refractivity contribution >= 4 is 12.4 Å². The smallest absolute Gasteiger partial charge is 0.160 e. The van der Waals surface area contributed by atoms with Gasteiger partial charge in [0.05, 0.1) is 6.61 Å². The highest BCUT2D eigenvalue weighted by Crippen LogP contribution is 2.25. The van der Waals surface area contributed by atoms with Crippen molar-refractivity contribution in [1.82, 2.24) is 5.32 Å². The Labute approximate surface area is 102 Å².